The highest BCUT2D eigenvalue weighted by Crippen LogP contribution is 1.83. The number of nitrogens with two attached hydrogens (primary N) is 1. The topological polar surface area (TPSA) is 159 Å². The van der Waals surface area contributed by atoms with E-state index in [0.29, 0.717) is 12.6 Å². The Morgan fingerprint density at radius 3 is 1.67 bits per heavy atom. The minimum absolute atomic E-state index is 0. The van der Waals surface area contributed by atoms with Crippen molar-refractivity contribution in [3.05, 3.63) is 0 Å². The summed E-state index contributed by atoms with van der Waals surface area (Å²) < 4.78 is 8.52. The molecule has 0 aliphatic rings. The molecule has 3 N–H and O–H groups in total. The fourth-order valence-electron chi connectivity index (χ4n) is 0.591. The number of halogens is 1. The molecule has 140 valence electrons. The third-order valence-electron chi connectivity index (χ3n) is 1.34. The van der Waals surface area contributed by atoms with Crippen molar-refractivity contribution >= 4 is 47.3 Å². The highest BCUT2D eigenvalue weighted by molar-refractivity contribution is 6.80. The zero-order valence-corrected chi connectivity index (χ0v) is 13.5. The molecule has 0 bridgehead atoms. The lowest BCUT2D eigenvalue weighted by Crippen LogP contribution is -2.33. The molecule has 0 aromatic carbocycles. The van der Waals surface area contributed by atoms with E-state index in [1.807, 2.05) is 5.32 Å². The number of carbonyl (C=O) groups excluding carboxylic acids is 6. The second-order valence-corrected chi connectivity index (χ2v) is 3.34. The summed E-state index contributed by atoms with van der Waals surface area (Å²) in [5.74, 6) is -2.84. The van der Waals surface area contributed by atoms with Crippen LogP contribution in [0.25, 0.3) is 0 Å². The van der Waals surface area contributed by atoms with Crippen molar-refractivity contribution in [2.75, 3.05) is 26.3 Å². The molecule has 24 heavy (non-hydrogen) atoms. The van der Waals surface area contributed by atoms with Gasteiger partial charge in [0.25, 0.3) is 0 Å². The smallest absolute Gasteiger partial charge is 0.396 e. The molecule has 11 heteroatoms. The number of hydrogen-bond donors (Lipinski definition) is 2. The lowest BCUT2D eigenvalue weighted by atomic mass is 10.6. The highest BCUT2D eigenvalue weighted by Gasteiger charge is 2.12. The highest BCUT2D eigenvalue weighted by atomic mass is 35.5. The van der Waals surface area contributed by atoms with Crippen LogP contribution < -0.4 is 11.1 Å². The summed E-state index contributed by atoms with van der Waals surface area (Å²) in [6.45, 7) is 3.48. The Balaban J connectivity index is -0.000000136. The third-order valence-corrected chi connectivity index (χ3v) is 1.49. The van der Waals surface area contributed by atoms with Crippen molar-refractivity contribution in [2.24, 2.45) is 5.73 Å². The Labute approximate surface area is 145 Å². The van der Waals surface area contributed by atoms with Gasteiger partial charge >= 0.3 is 23.1 Å². The number of rotatable bonds is 6. The van der Waals surface area contributed by atoms with Crippen LogP contribution in [0.2, 0.25) is 0 Å². The first-order chi connectivity index (χ1) is 10.8. The quantitative estimate of drug-likeness (QED) is 0.257. The third kappa shape index (κ3) is 24.7. The lowest BCUT2D eigenvalue weighted by Gasteiger charge is -1.99. The molecule has 1 amide bonds. The predicted octanol–water partition coefficient (Wildman–Crippen LogP) is -1.04. The van der Waals surface area contributed by atoms with Gasteiger partial charge in [0.2, 0.25) is 0 Å². The molecule has 10 nitrogen and oxygen atoms in total. The maximum Gasteiger partial charge on any atom is 0.396 e. The van der Waals surface area contributed by atoms with Gasteiger partial charge in [0.15, 0.2) is 0 Å². The maximum absolute atomic E-state index is 10.5. The first-order valence-corrected chi connectivity index (χ1v) is 6.58. The van der Waals surface area contributed by atoms with Crippen molar-refractivity contribution in [1.82, 2.24) is 5.32 Å². The molecule has 0 rings (SSSR count). The number of carbonyl (C=O) groups is 6. The Hall–Kier alpha value is -2.33. The summed E-state index contributed by atoms with van der Waals surface area (Å²) >= 11 is 4.69. The largest absolute Gasteiger partial charge is 0.459 e. The molecule has 0 radical (unpaired) electrons. The average molecular weight is 371 g/mol. The standard InChI is InChI=1S/C6H9NO4.C4H5ClO3.C2H5NO.CH4/c1-2-11-6(10)5(9)7-3-4-8;1-2-8-4(7)3(5)6;3-1-2-4;/h4H,2-3H2,1H3,(H,7,9);2H2,1H3;2H,1,3H2;1H4. The summed E-state index contributed by atoms with van der Waals surface area (Å²) in [5.41, 5.74) is 4.66. The fraction of sp³-hybridized carbons (Fsp3) is 0.538. The van der Waals surface area contributed by atoms with E-state index in [1.54, 1.807) is 13.8 Å². The monoisotopic (exact) mass is 370 g/mol. The van der Waals surface area contributed by atoms with Crippen LogP contribution in [0.4, 0.5) is 0 Å². The Morgan fingerprint density at radius 1 is 1.00 bits per heavy atom. The van der Waals surface area contributed by atoms with Gasteiger partial charge in [-0.15, -0.1) is 0 Å². The number of nitrogens with one attached hydrogen (secondary N) is 1. The number of ether oxygens (including phenoxy) is 2. The van der Waals surface area contributed by atoms with Crippen LogP contribution >= 0.6 is 11.6 Å². The molecular weight excluding hydrogens is 348 g/mol. The van der Waals surface area contributed by atoms with Crippen molar-refractivity contribution in [3.63, 3.8) is 0 Å². The summed E-state index contributed by atoms with van der Waals surface area (Å²) in [6, 6.07) is 0. The lowest BCUT2D eigenvalue weighted by molar-refractivity contribution is -0.154. The molecule has 0 spiro atoms. The summed E-state index contributed by atoms with van der Waals surface area (Å²) in [4.78, 5) is 59.7. The molecule has 0 atom stereocenters. The minimum Gasteiger partial charge on any atom is -0.459 e. The van der Waals surface area contributed by atoms with E-state index in [9.17, 15) is 24.0 Å². The Bertz CT molecular complexity index is 401. The van der Waals surface area contributed by atoms with Gasteiger partial charge in [0.1, 0.15) is 12.6 Å². The zero-order valence-electron chi connectivity index (χ0n) is 12.7. The SMILES string of the molecule is C.CCOC(=O)C(=O)Cl.CCOC(=O)C(=O)NCC=O.NCC=O. The second kappa shape index (κ2) is 22.9. The van der Waals surface area contributed by atoms with Gasteiger partial charge in [-0.2, -0.15) is 0 Å². The molecule has 0 heterocycles. The summed E-state index contributed by atoms with van der Waals surface area (Å²) in [6.07, 6.45) is 1.14. The molecule has 0 aromatic heterocycles. The summed E-state index contributed by atoms with van der Waals surface area (Å²) in [5, 5.41) is 0.958. The van der Waals surface area contributed by atoms with Gasteiger partial charge in [0, 0.05) is 6.54 Å². The van der Waals surface area contributed by atoms with Crippen LogP contribution in [0.5, 0.6) is 0 Å². The van der Waals surface area contributed by atoms with Crippen molar-refractivity contribution in [3.8, 4) is 0 Å². The van der Waals surface area contributed by atoms with Gasteiger partial charge < -0.3 is 30.1 Å². The molecular formula is C13H23ClN2O8. The first-order valence-electron chi connectivity index (χ1n) is 6.20. The normalized spacial score (nSPS) is 7.67. The molecule has 0 unspecified atom stereocenters. The van der Waals surface area contributed by atoms with Gasteiger partial charge in [-0.1, -0.05) is 7.43 Å². The van der Waals surface area contributed by atoms with E-state index in [0.717, 1.165) is 0 Å². The van der Waals surface area contributed by atoms with Crippen molar-refractivity contribution in [1.29, 1.82) is 0 Å². The first kappa shape index (κ1) is 29.7. The number of amides is 1. The van der Waals surface area contributed by atoms with Crippen LogP contribution in [-0.2, 0) is 38.2 Å². The Kier molecular flexibility index (Phi) is 28.3. The van der Waals surface area contributed by atoms with E-state index in [4.69, 9.17) is 16.4 Å². The van der Waals surface area contributed by atoms with Crippen LogP contribution in [0, 0.1) is 0 Å². The molecule has 0 saturated carbocycles. The second-order valence-electron chi connectivity index (χ2n) is 2.99. The van der Waals surface area contributed by atoms with E-state index in [2.05, 4.69) is 15.2 Å². The van der Waals surface area contributed by atoms with Crippen LogP contribution in [0.1, 0.15) is 21.3 Å². The van der Waals surface area contributed by atoms with Gasteiger partial charge in [-0.3, -0.25) is 9.59 Å². The van der Waals surface area contributed by atoms with Crippen LogP contribution in [0.3, 0.4) is 0 Å². The number of hydrogen-bond acceptors (Lipinski definition) is 9. The predicted molar refractivity (Wildman–Crippen MR) is 85.0 cm³/mol. The van der Waals surface area contributed by atoms with Gasteiger partial charge in [-0.25, -0.2) is 9.59 Å². The summed E-state index contributed by atoms with van der Waals surface area (Å²) in [7, 11) is 0. The van der Waals surface area contributed by atoms with Crippen LogP contribution in [0.15, 0.2) is 0 Å². The molecule has 0 aliphatic carbocycles. The fourth-order valence-corrected chi connectivity index (χ4v) is 0.646. The van der Waals surface area contributed by atoms with E-state index in [-0.39, 0.29) is 33.7 Å². The Morgan fingerprint density at radius 2 is 1.42 bits per heavy atom. The minimum atomic E-state index is -1.08. The van der Waals surface area contributed by atoms with E-state index < -0.39 is 23.1 Å². The van der Waals surface area contributed by atoms with Crippen LogP contribution in [-0.4, -0.2) is 62.0 Å². The number of esters is 2. The molecule has 0 fully saturated rings. The van der Waals surface area contributed by atoms with Gasteiger partial charge in [0.05, 0.1) is 19.8 Å². The zero-order chi connectivity index (χ0) is 18.7. The average Bonchev–Trinajstić information content (AvgIpc) is 2.53. The van der Waals surface area contributed by atoms with Crippen molar-refractivity contribution < 1.29 is 38.2 Å². The molecule has 0 aromatic rings. The maximum atomic E-state index is 10.5. The van der Waals surface area contributed by atoms with Gasteiger partial charge in [-0.05, 0) is 25.4 Å². The van der Waals surface area contributed by atoms with E-state index >= 15 is 0 Å². The molecule has 0 aliphatic heterocycles. The molecule has 0 saturated heterocycles. The number of aldehydes is 2. The van der Waals surface area contributed by atoms with Crippen molar-refractivity contribution in [2.45, 2.75) is 21.3 Å². The van der Waals surface area contributed by atoms with E-state index in [1.165, 1.54) is 0 Å².